The van der Waals surface area contributed by atoms with Crippen molar-refractivity contribution in [1.82, 2.24) is 4.90 Å². The lowest BCUT2D eigenvalue weighted by molar-refractivity contribution is -0.141. The number of hydrogen-bond acceptors (Lipinski definition) is 6. The Kier molecular flexibility index (Phi) is 5.95. The minimum atomic E-state index is -3.13. The first-order valence-corrected chi connectivity index (χ1v) is 10.0. The second-order valence-electron chi connectivity index (χ2n) is 5.89. The van der Waals surface area contributed by atoms with Crippen LogP contribution in [0.15, 0.2) is 18.2 Å². The molecule has 1 heterocycles. The van der Waals surface area contributed by atoms with E-state index in [1.807, 2.05) is 0 Å². The summed E-state index contributed by atoms with van der Waals surface area (Å²) in [6.45, 7) is 3.47. The lowest BCUT2D eigenvalue weighted by atomic mass is 10.2. The number of rotatable bonds is 5. The van der Waals surface area contributed by atoms with Gasteiger partial charge in [-0.3, -0.25) is 4.79 Å². The smallest absolute Gasteiger partial charge is 0.342 e. The van der Waals surface area contributed by atoms with Crippen molar-refractivity contribution in [2.45, 2.75) is 32.4 Å². The number of aromatic hydroxyl groups is 1. The molecule has 1 N–H and O–H groups in total. The first-order chi connectivity index (χ1) is 11.6. The molecule has 1 fully saturated rings. The molecule has 1 aliphatic heterocycles. The number of likely N-dealkylation sites (N-methyl/N-ethyl adjacent to an activating group) is 1. The van der Waals surface area contributed by atoms with Gasteiger partial charge < -0.3 is 14.7 Å². The van der Waals surface area contributed by atoms with Crippen molar-refractivity contribution in [3.8, 4) is 5.75 Å². The number of carbonyl (C=O) groups is 2. The maximum Gasteiger partial charge on any atom is 0.342 e. The fourth-order valence-corrected chi connectivity index (χ4v) is 4.70. The number of benzene rings is 1. The van der Waals surface area contributed by atoms with E-state index in [9.17, 15) is 23.1 Å². The van der Waals surface area contributed by atoms with Gasteiger partial charge in [-0.25, -0.2) is 13.2 Å². The molecule has 1 aliphatic rings. The van der Waals surface area contributed by atoms with Crippen LogP contribution in [0.5, 0.6) is 5.75 Å². The van der Waals surface area contributed by atoms with Crippen molar-refractivity contribution in [2.75, 3.05) is 18.1 Å². The number of carbonyl (C=O) groups excluding carboxylic acids is 2. The van der Waals surface area contributed by atoms with E-state index in [1.54, 1.807) is 6.92 Å². The number of halogens is 1. The van der Waals surface area contributed by atoms with Crippen LogP contribution in [0.1, 0.15) is 30.6 Å². The SMILES string of the molecule is CCN(C(=O)[C@@H](C)OC(=O)c1ccc(Cl)cc1O)[C@H]1CCS(=O)(=O)C1. The summed E-state index contributed by atoms with van der Waals surface area (Å²) in [6, 6.07) is 3.52. The number of phenols is 1. The Hall–Kier alpha value is -1.80. The molecule has 138 valence electrons. The van der Waals surface area contributed by atoms with Crippen LogP contribution in [0.25, 0.3) is 0 Å². The molecule has 1 saturated heterocycles. The van der Waals surface area contributed by atoms with Crippen LogP contribution in [0.3, 0.4) is 0 Å². The van der Waals surface area contributed by atoms with Gasteiger partial charge in [0.25, 0.3) is 5.91 Å². The number of nitrogens with zero attached hydrogens (tertiary/aromatic N) is 1. The van der Waals surface area contributed by atoms with E-state index in [0.717, 1.165) is 0 Å². The van der Waals surface area contributed by atoms with Crippen molar-refractivity contribution >= 4 is 33.3 Å². The summed E-state index contributed by atoms with van der Waals surface area (Å²) in [5.41, 5.74) is -0.101. The van der Waals surface area contributed by atoms with E-state index < -0.39 is 33.9 Å². The zero-order valence-electron chi connectivity index (χ0n) is 13.9. The van der Waals surface area contributed by atoms with Gasteiger partial charge in [-0.15, -0.1) is 0 Å². The van der Waals surface area contributed by atoms with Crippen molar-refractivity contribution in [3.63, 3.8) is 0 Å². The highest BCUT2D eigenvalue weighted by molar-refractivity contribution is 7.91. The van der Waals surface area contributed by atoms with Crippen LogP contribution in [-0.2, 0) is 19.4 Å². The zero-order chi connectivity index (χ0) is 18.8. The fraction of sp³-hybridized carbons (Fsp3) is 0.500. The average molecular weight is 390 g/mol. The van der Waals surface area contributed by atoms with E-state index in [1.165, 1.54) is 30.0 Å². The summed E-state index contributed by atoms with van der Waals surface area (Å²) in [5, 5.41) is 10.0. The van der Waals surface area contributed by atoms with Gasteiger partial charge in [0.1, 0.15) is 11.3 Å². The minimum absolute atomic E-state index is 0.0499. The molecule has 0 aromatic heterocycles. The Morgan fingerprint density at radius 2 is 2.12 bits per heavy atom. The summed E-state index contributed by atoms with van der Waals surface area (Å²) < 4.78 is 28.4. The fourth-order valence-electron chi connectivity index (χ4n) is 2.80. The van der Waals surface area contributed by atoms with E-state index in [-0.39, 0.29) is 27.8 Å². The first-order valence-electron chi connectivity index (χ1n) is 7.85. The number of phenolic OH excluding ortho intramolecular Hbond substituents is 1. The Balaban J connectivity index is 2.06. The van der Waals surface area contributed by atoms with Gasteiger partial charge in [0, 0.05) is 17.6 Å². The molecular weight excluding hydrogens is 370 g/mol. The number of amides is 1. The number of sulfone groups is 1. The second kappa shape index (κ2) is 7.61. The summed E-state index contributed by atoms with van der Waals surface area (Å²) in [4.78, 5) is 26.1. The molecule has 0 radical (unpaired) electrons. The molecule has 1 amide bonds. The third-order valence-electron chi connectivity index (χ3n) is 4.08. The first kappa shape index (κ1) is 19.5. The summed E-state index contributed by atoms with van der Waals surface area (Å²) in [7, 11) is -3.13. The maximum absolute atomic E-state index is 12.5. The number of esters is 1. The van der Waals surface area contributed by atoms with Gasteiger partial charge in [-0.1, -0.05) is 11.6 Å². The normalized spacial score (nSPS) is 20.0. The Morgan fingerprint density at radius 1 is 1.44 bits per heavy atom. The molecular formula is C16H20ClNO6S. The molecule has 0 unspecified atom stereocenters. The predicted molar refractivity (Wildman–Crippen MR) is 92.4 cm³/mol. The van der Waals surface area contributed by atoms with Crippen molar-refractivity contribution in [3.05, 3.63) is 28.8 Å². The molecule has 2 atom stereocenters. The quantitative estimate of drug-likeness (QED) is 0.768. The van der Waals surface area contributed by atoms with Crippen molar-refractivity contribution < 1.29 is 27.9 Å². The summed E-state index contributed by atoms with van der Waals surface area (Å²) in [5.74, 6) is -1.69. The van der Waals surface area contributed by atoms with E-state index in [2.05, 4.69) is 0 Å². The topological polar surface area (TPSA) is 101 Å². The molecule has 7 nitrogen and oxygen atoms in total. The standard InChI is InChI=1S/C16H20ClNO6S/c1-3-18(12-6-7-25(22,23)9-12)15(20)10(2)24-16(21)13-5-4-11(17)8-14(13)19/h4-5,8,10,12,19H,3,6-7,9H2,1-2H3/t10-,12+/m1/s1. The van der Waals surface area contributed by atoms with Crippen LogP contribution in [0.2, 0.25) is 5.02 Å². The monoisotopic (exact) mass is 389 g/mol. The summed E-state index contributed by atoms with van der Waals surface area (Å²) in [6.07, 6.45) is -0.730. The molecule has 25 heavy (non-hydrogen) atoms. The third kappa shape index (κ3) is 4.64. The van der Waals surface area contributed by atoms with Gasteiger partial charge in [0.15, 0.2) is 15.9 Å². The van der Waals surface area contributed by atoms with E-state index in [0.29, 0.717) is 13.0 Å². The Morgan fingerprint density at radius 3 is 2.64 bits per heavy atom. The highest BCUT2D eigenvalue weighted by atomic mass is 35.5. The largest absolute Gasteiger partial charge is 0.507 e. The lowest BCUT2D eigenvalue weighted by Gasteiger charge is -2.29. The minimum Gasteiger partial charge on any atom is -0.507 e. The number of ether oxygens (including phenoxy) is 1. The highest BCUT2D eigenvalue weighted by Gasteiger charge is 2.36. The highest BCUT2D eigenvalue weighted by Crippen LogP contribution is 2.24. The van der Waals surface area contributed by atoms with Gasteiger partial charge in [-0.2, -0.15) is 0 Å². The molecule has 2 rings (SSSR count). The third-order valence-corrected chi connectivity index (χ3v) is 6.07. The van der Waals surface area contributed by atoms with Crippen LogP contribution in [0.4, 0.5) is 0 Å². The lowest BCUT2D eigenvalue weighted by Crippen LogP contribution is -2.46. The van der Waals surface area contributed by atoms with Gasteiger partial charge in [-0.05, 0) is 38.5 Å². The predicted octanol–water partition coefficient (Wildman–Crippen LogP) is 1.63. The Bertz CT molecular complexity index is 779. The van der Waals surface area contributed by atoms with Crippen LogP contribution >= 0.6 is 11.6 Å². The van der Waals surface area contributed by atoms with Crippen LogP contribution in [-0.4, -0.2) is 60.5 Å². The second-order valence-corrected chi connectivity index (χ2v) is 8.56. The van der Waals surface area contributed by atoms with Gasteiger partial charge >= 0.3 is 5.97 Å². The number of hydrogen-bond donors (Lipinski definition) is 1. The molecule has 0 aliphatic carbocycles. The zero-order valence-corrected chi connectivity index (χ0v) is 15.5. The molecule has 0 saturated carbocycles. The maximum atomic E-state index is 12.5. The van der Waals surface area contributed by atoms with E-state index in [4.69, 9.17) is 16.3 Å². The molecule has 1 aromatic carbocycles. The molecule has 0 spiro atoms. The molecule has 0 bridgehead atoms. The average Bonchev–Trinajstić information content (AvgIpc) is 2.87. The summed E-state index contributed by atoms with van der Waals surface area (Å²) >= 11 is 5.71. The van der Waals surface area contributed by atoms with Crippen LogP contribution in [0, 0.1) is 0 Å². The van der Waals surface area contributed by atoms with E-state index >= 15 is 0 Å². The van der Waals surface area contributed by atoms with Gasteiger partial charge in [0.2, 0.25) is 0 Å². The van der Waals surface area contributed by atoms with Crippen molar-refractivity contribution in [2.24, 2.45) is 0 Å². The van der Waals surface area contributed by atoms with Crippen LogP contribution < -0.4 is 0 Å². The Labute approximate surface area is 151 Å². The van der Waals surface area contributed by atoms with Gasteiger partial charge in [0.05, 0.1) is 11.5 Å². The van der Waals surface area contributed by atoms with Crippen molar-refractivity contribution in [1.29, 1.82) is 0 Å². The molecule has 1 aromatic rings. The molecule has 9 heteroatoms.